The maximum atomic E-state index is 2.48. The average Bonchev–Trinajstić information content (AvgIpc) is 4.17. The number of aromatic nitrogens is 3. The molecule has 0 aliphatic heterocycles. The van der Waals surface area contributed by atoms with Crippen LogP contribution in [0.1, 0.15) is 0 Å². The predicted molar refractivity (Wildman–Crippen MR) is 306 cm³/mol. The summed E-state index contributed by atoms with van der Waals surface area (Å²) in [6, 6.07) is 97.5. The summed E-state index contributed by atoms with van der Waals surface area (Å²) >= 11 is 1.88. The molecule has 0 aliphatic carbocycles. The number of hydrogen-bond donors (Lipinski definition) is 0. The second kappa shape index (κ2) is 15.6. The first-order valence-corrected chi connectivity index (χ1v) is 27.2. The summed E-state index contributed by atoms with van der Waals surface area (Å²) in [6.07, 6.45) is 0. The Morgan fingerprint density at radius 2 is 0.620 bits per heavy atom. The first-order valence-electron chi connectivity index (χ1n) is 24.4. The van der Waals surface area contributed by atoms with Crippen molar-refractivity contribution in [3.05, 3.63) is 261 Å². The molecule has 11 aromatic carbocycles. The van der Waals surface area contributed by atoms with Crippen LogP contribution in [-0.2, 0) is 0 Å². The van der Waals surface area contributed by atoms with E-state index < -0.39 is 8.07 Å². The molecule has 0 saturated heterocycles. The molecular weight excluding hydrogens is 895 g/mol. The van der Waals surface area contributed by atoms with E-state index in [4.69, 9.17) is 0 Å². The molecule has 15 aromatic rings. The van der Waals surface area contributed by atoms with Crippen LogP contribution in [0.25, 0.3) is 103 Å². The van der Waals surface area contributed by atoms with E-state index in [1.165, 1.54) is 106 Å². The monoisotopic (exact) mass is 937 g/mol. The van der Waals surface area contributed by atoms with Crippen LogP contribution in [0, 0.1) is 0 Å². The smallest absolute Gasteiger partial charge is 0.179 e. The molecule has 4 heterocycles. The van der Waals surface area contributed by atoms with Gasteiger partial charge in [0.2, 0.25) is 0 Å². The van der Waals surface area contributed by atoms with Crippen molar-refractivity contribution >= 4 is 126 Å². The van der Waals surface area contributed by atoms with Gasteiger partial charge in [0.25, 0.3) is 0 Å². The van der Waals surface area contributed by atoms with Crippen LogP contribution < -0.4 is 20.7 Å². The molecule has 0 aliphatic rings. The third kappa shape index (κ3) is 5.88. The summed E-state index contributed by atoms with van der Waals surface area (Å²) in [7, 11) is -2.76. The van der Waals surface area contributed by atoms with Crippen LogP contribution in [0.5, 0.6) is 0 Å². The normalized spacial score (nSPS) is 12.2. The number of para-hydroxylation sites is 3. The molecule has 3 nitrogen and oxygen atoms in total. The molecular formula is C66H43N3SSi. The van der Waals surface area contributed by atoms with Gasteiger partial charge < -0.3 is 13.7 Å². The highest BCUT2D eigenvalue weighted by Crippen LogP contribution is 2.42. The van der Waals surface area contributed by atoms with Gasteiger partial charge in [-0.1, -0.05) is 176 Å². The number of hydrogen-bond acceptors (Lipinski definition) is 1. The van der Waals surface area contributed by atoms with Crippen molar-refractivity contribution in [3.63, 3.8) is 0 Å². The van der Waals surface area contributed by atoms with Crippen molar-refractivity contribution in [3.8, 4) is 17.1 Å². The third-order valence-corrected chi connectivity index (χ3v) is 21.1. The molecule has 15 rings (SSSR count). The van der Waals surface area contributed by atoms with Gasteiger partial charge in [-0.2, -0.15) is 0 Å². The summed E-state index contributed by atoms with van der Waals surface area (Å²) in [5.41, 5.74) is 10.6. The van der Waals surface area contributed by atoms with E-state index >= 15 is 0 Å². The van der Waals surface area contributed by atoms with Gasteiger partial charge in [0.1, 0.15) is 0 Å². The molecule has 0 N–H and O–H groups in total. The lowest BCUT2D eigenvalue weighted by atomic mass is 10.1. The number of nitrogens with zero attached hydrogens (tertiary/aromatic N) is 3. The number of fused-ring (bicyclic) bond motifs is 12. The van der Waals surface area contributed by atoms with Crippen molar-refractivity contribution in [2.45, 2.75) is 0 Å². The molecule has 71 heavy (non-hydrogen) atoms. The largest absolute Gasteiger partial charge is 0.309 e. The highest BCUT2D eigenvalue weighted by atomic mass is 32.1. The summed E-state index contributed by atoms with van der Waals surface area (Å²) in [5.74, 6) is 0. The van der Waals surface area contributed by atoms with E-state index in [-0.39, 0.29) is 0 Å². The highest BCUT2D eigenvalue weighted by Gasteiger charge is 2.41. The molecule has 0 bridgehead atoms. The minimum absolute atomic E-state index is 1.14. The highest BCUT2D eigenvalue weighted by molar-refractivity contribution is 7.26. The van der Waals surface area contributed by atoms with Gasteiger partial charge in [-0.15, -0.1) is 11.3 Å². The van der Waals surface area contributed by atoms with Crippen LogP contribution in [0.4, 0.5) is 0 Å². The van der Waals surface area contributed by atoms with Crippen molar-refractivity contribution in [1.82, 2.24) is 13.7 Å². The van der Waals surface area contributed by atoms with Crippen molar-refractivity contribution in [2.75, 3.05) is 0 Å². The summed E-state index contributed by atoms with van der Waals surface area (Å²) < 4.78 is 10.1. The Hall–Kier alpha value is -8.74. The predicted octanol–water partition coefficient (Wildman–Crippen LogP) is 14.7. The first kappa shape index (κ1) is 40.2. The zero-order valence-corrected chi connectivity index (χ0v) is 40.4. The number of thiophene rings is 1. The zero-order valence-electron chi connectivity index (χ0n) is 38.6. The maximum Gasteiger partial charge on any atom is 0.179 e. The lowest BCUT2D eigenvalue weighted by Crippen LogP contribution is -2.74. The van der Waals surface area contributed by atoms with Crippen molar-refractivity contribution in [1.29, 1.82) is 0 Å². The van der Waals surface area contributed by atoms with Gasteiger partial charge >= 0.3 is 0 Å². The van der Waals surface area contributed by atoms with Gasteiger partial charge in [-0.25, -0.2) is 0 Å². The van der Waals surface area contributed by atoms with Gasteiger partial charge in [0.05, 0.1) is 33.1 Å². The fourth-order valence-corrected chi connectivity index (χ4v) is 18.1. The fraction of sp³-hybridized carbons (Fsp3) is 0. The molecule has 0 unspecified atom stereocenters. The van der Waals surface area contributed by atoms with E-state index in [9.17, 15) is 0 Å². The quantitative estimate of drug-likeness (QED) is 0.112. The molecule has 4 aromatic heterocycles. The second-order valence-corrected chi connectivity index (χ2v) is 23.7. The molecule has 0 radical (unpaired) electrons. The van der Waals surface area contributed by atoms with Gasteiger partial charge in [-0.05, 0) is 106 Å². The van der Waals surface area contributed by atoms with Crippen LogP contribution in [0.2, 0.25) is 0 Å². The molecule has 0 amide bonds. The SMILES string of the molecule is c1ccc([Si](c2ccccc2)(c2ccccc2)c2cccc(-n3c4ccccc4c4cc(-n5c6ccccc6c6cc(-n7c8ccccc8c8cc9c(cc87)sc7ccccc79)ccc65)ccc43)c2)cc1. The van der Waals surface area contributed by atoms with Crippen LogP contribution >= 0.6 is 11.3 Å². The Bertz CT molecular complexity index is 4480. The van der Waals surface area contributed by atoms with E-state index in [1.54, 1.807) is 0 Å². The molecule has 0 spiro atoms. The van der Waals surface area contributed by atoms with Gasteiger partial charge in [0, 0.05) is 69.6 Å². The fourth-order valence-electron chi connectivity index (χ4n) is 12.2. The zero-order chi connectivity index (χ0) is 46.6. The van der Waals surface area contributed by atoms with E-state index in [0.717, 1.165) is 17.1 Å². The lowest BCUT2D eigenvalue weighted by Gasteiger charge is -2.34. The van der Waals surface area contributed by atoms with Crippen LogP contribution in [0.3, 0.4) is 0 Å². The third-order valence-electron chi connectivity index (χ3n) is 15.2. The lowest BCUT2D eigenvalue weighted by molar-refractivity contribution is 1.16. The van der Waals surface area contributed by atoms with Crippen molar-refractivity contribution < 1.29 is 0 Å². The van der Waals surface area contributed by atoms with Crippen LogP contribution in [0.15, 0.2) is 261 Å². The minimum Gasteiger partial charge on any atom is -0.309 e. The molecule has 332 valence electrons. The average molecular weight is 938 g/mol. The second-order valence-electron chi connectivity index (χ2n) is 18.8. The summed E-state index contributed by atoms with van der Waals surface area (Å²) in [4.78, 5) is 0. The minimum atomic E-state index is -2.76. The Labute approximate surface area is 415 Å². The number of benzene rings is 11. The Morgan fingerprint density at radius 1 is 0.225 bits per heavy atom. The molecule has 5 heteroatoms. The van der Waals surface area contributed by atoms with E-state index in [1.807, 2.05) is 11.3 Å². The Kier molecular flexibility index (Phi) is 8.85. The van der Waals surface area contributed by atoms with Gasteiger partial charge in [-0.3, -0.25) is 0 Å². The van der Waals surface area contributed by atoms with Crippen molar-refractivity contribution in [2.24, 2.45) is 0 Å². The Morgan fingerprint density at radius 3 is 1.14 bits per heavy atom. The molecule has 0 saturated carbocycles. The van der Waals surface area contributed by atoms with E-state index in [2.05, 4.69) is 275 Å². The maximum absolute atomic E-state index is 2.76. The molecule has 0 atom stereocenters. The first-order chi connectivity index (χ1) is 35.2. The number of rotatable bonds is 7. The topological polar surface area (TPSA) is 14.8 Å². The van der Waals surface area contributed by atoms with E-state index in [0.29, 0.717) is 0 Å². The standard InChI is InChI=1S/C66H43N3SSi/c1-4-20-47(21-5-1)71(48-22-6-2-7-23-48,49-24-8-3-9-25-49)50-26-18-19-44(39-50)67-59-31-14-10-27-51(59)55-40-45(35-37-62(55)67)68-60-32-15-11-28-52(60)56-41-46(36-38-63(56)68)69-61-33-16-12-29-53(61)57-42-58-54-30-13-17-34-65(54)70-66(58)43-64(57)69/h1-43H. The summed E-state index contributed by atoms with van der Waals surface area (Å²) in [6.45, 7) is 0. The van der Waals surface area contributed by atoms with Crippen LogP contribution in [-0.4, -0.2) is 21.8 Å². The molecule has 0 fully saturated rings. The van der Waals surface area contributed by atoms with Gasteiger partial charge in [0.15, 0.2) is 8.07 Å². The summed E-state index contributed by atoms with van der Waals surface area (Å²) in [5, 5.41) is 15.6. The Balaban J connectivity index is 0.914.